The van der Waals surface area contributed by atoms with Gasteiger partial charge < -0.3 is 19.1 Å². The summed E-state index contributed by atoms with van der Waals surface area (Å²) in [5.41, 5.74) is 2.88. The van der Waals surface area contributed by atoms with Gasteiger partial charge in [-0.05, 0) is 37.0 Å². The Hall–Kier alpha value is -2.58. The van der Waals surface area contributed by atoms with Gasteiger partial charge in [0.2, 0.25) is 5.91 Å². The molecule has 8 heteroatoms. The summed E-state index contributed by atoms with van der Waals surface area (Å²) in [7, 11) is 3.31. The summed E-state index contributed by atoms with van der Waals surface area (Å²) >= 11 is 1.61. The Morgan fingerprint density at radius 3 is 2.88 bits per heavy atom. The van der Waals surface area contributed by atoms with Crippen molar-refractivity contribution >= 4 is 22.2 Å². The van der Waals surface area contributed by atoms with Crippen LogP contribution in [0.4, 0.5) is 0 Å². The standard InChI is InChI=1S/C25H33N3O4S/c1-17(2)12-24(29)27(14-20-6-5-11-32-20)10-9-18-16-33-25-26-22(15-28(18)25)21-13-19(30-3)7-8-23(21)31-4/h7-8,13,15-17,20H,5-6,9-12,14H2,1-4H3. The van der Waals surface area contributed by atoms with Gasteiger partial charge in [-0.2, -0.15) is 0 Å². The maximum absolute atomic E-state index is 12.9. The number of thiazole rings is 1. The first kappa shape index (κ1) is 23.6. The van der Waals surface area contributed by atoms with Gasteiger partial charge in [0.1, 0.15) is 11.5 Å². The fourth-order valence-corrected chi connectivity index (χ4v) is 5.14. The van der Waals surface area contributed by atoms with Gasteiger partial charge in [0.15, 0.2) is 4.96 Å². The summed E-state index contributed by atoms with van der Waals surface area (Å²) in [5.74, 6) is 2.06. The lowest BCUT2D eigenvalue weighted by Gasteiger charge is -2.26. The van der Waals surface area contributed by atoms with E-state index in [1.807, 2.05) is 29.3 Å². The number of carbonyl (C=O) groups is 1. The molecule has 0 N–H and O–H groups in total. The molecule has 3 heterocycles. The van der Waals surface area contributed by atoms with E-state index >= 15 is 0 Å². The number of ether oxygens (including phenoxy) is 3. The van der Waals surface area contributed by atoms with Gasteiger partial charge in [-0.1, -0.05) is 13.8 Å². The second-order valence-electron chi connectivity index (χ2n) is 8.89. The maximum Gasteiger partial charge on any atom is 0.222 e. The number of imidazole rings is 1. The van der Waals surface area contributed by atoms with E-state index in [0.717, 1.165) is 59.3 Å². The van der Waals surface area contributed by atoms with Crippen molar-refractivity contribution in [1.29, 1.82) is 0 Å². The minimum atomic E-state index is 0.156. The smallest absolute Gasteiger partial charge is 0.222 e. The highest BCUT2D eigenvalue weighted by Gasteiger charge is 2.23. The number of hydrogen-bond donors (Lipinski definition) is 0. The second kappa shape index (κ2) is 10.6. The Balaban J connectivity index is 1.53. The molecule has 4 rings (SSSR count). The van der Waals surface area contributed by atoms with E-state index in [0.29, 0.717) is 25.4 Å². The molecule has 1 aliphatic heterocycles. The minimum absolute atomic E-state index is 0.156. The highest BCUT2D eigenvalue weighted by atomic mass is 32.1. The molecule has 1 unspecified atom stereocenters. The molecule has 1 atom stereocenters. The van der Waals surface area contributed by atoms with Crippen LogP contribution in [0.1, 0.15) is 38.8 Å². The number of hydrogen-bond acceptors (Lipinski definition) is 6. The molecule has 1 aromatic carbocycles. The van der Waals surface area contributed by atoms with Crippen LogP contribution < -0.4 is 9.47 Å². The monoisotopic (exact) mass is 471 g/mol. The number of aromatic nitrogens is 2. The first-order chi connectivity index (χ1) is 16.0. The molecule has 178 valence electrons. The molecule has 1 amide bonds. The quantitative estimate of drug-likeness (QED) is 0.430. The Morgan fingerprint density at radius 1 is 1.33 bits per heavy atom. The molecular formula is C25H33N3O4S. The number of carbonyl (C=O) groups excluding carboxylic acids is 1. The average Bonchev–Trinajstić information content (AvgIpc) is 3.53. The minimum Gasteiger partial charge on any atom is -0.497 e. The van der Waals surface area contributed by atoms with Crippen molar-refractivity contribution in [2.75, 3.05) is 33.9 Å². The first-order valence-corrected chi connectivity index (χ1v) is 12.4. The molecule has 0 aliphatic carbocycles. The van der Waals surface area contributed by atoms with Gasteiger partial charge in [0, 0.05) is 55.4 Å². The van der Waals surface area contributed by atoms with E-state index in [-0.39, 0.29) is 12.0 Å². The Labute approximate surface area is 199 Å². The SMILES string of the molecule is COc1ccc(OC)c(-c2cn3c(CCN(CC4CCCO4)C(=O)CC(C)C)csc3n2)c1. The molecule has 0 radical (unpaired) electrons. The molecule has 1 saturated heterocycles. The zero-order valence-electron chi connectivity index (χ0n) is 19.9. The van der Waals surface area contributed by atoms with E-state index in [4.69, 9.17) is 19.2 Å². The van der Waals surface area contributed by atoms with Gasteiger partial charge in [0.25, 0.3) is 0 Å². The summed E-state index contributed by atoms with van der Waals surface area (Å²) in [6.07, 6.45) is 5.63. The lowest BCUT2D eigenvalue weighted by atomic mass is 10.1. The van der Waals surface area contributed by atoms with Crippen LogP contribution in [0.2, 0.25) is 0 Å². The van der Waals surface area contributed by atoms with Crippen LogP contribution in [0.5, 0.6) is 11.5 Å². The lowest BCUT2D eigenvalue weighted by molar-refractivity contribution is -0.133. The Bertz CT molecular complexity index is 1080. The summed E-state index contributed by atoms with van der Waals surface area (Å²) in [6, 6.07) is 5.72. The van der Waals surface area contributed by atoms with Crippen molar-refractivity contribution in [3.63, 3.8) is 0 Å². The third-order valence-corrected chi connectivity index (χ3v) is 6.88. The molecule has 2 aromatic heterocycles. The topological polar surface area (TPSA) is 65.3 Å². The average molecular weight is 472 g/mol. The van der Waals surface area contributed by atoms with Crippen molar-refractivity contribution < 1.29 is 19.0 Å². The third kappa shape index (κ3) is 5.50. The third-order valence-electron chi connectivity index (χ3n) is 5.99. The molecule has 3 aromatic rings. The number of fused-ring (bicyclic) bond motifs is 1. The normalized spacial score (nSPS) is 16.0. The van der Waals surface area contributed by atoms with E-state index in [1.165, 1.54) is 0 Å². The molecule has 0 saturated carbocycles. The molecular weight excluding hydrogens is 438 g/mol. The molecule has 0 spiro atoms. The maximum atomic E-state index is 12.9. The molecule has 7 nitrogen and oxygen atoms in total. The van der Waals surface area contributed by atoms with Crippen molar-refractivity contribution in [3.8, 4) is 22.8 Å². The fourth-order valence-electron chi connectivity index (χ4n) is 4.23. The highest BCUT2D eigenvalue weighted by Crippen LogP contribution is 2.34. The van der Waals surface area contributed by atoms with Crippen LogP contribution >= 0.6 is 11.3 Å². The number of methoxy groups -OCH3 is 2. The van der Waals surface area contributed by atoms with Crippen LogP contribution in [0.3, 0.4) is 0 Å². The summed E-state index contributed by atoms with van der Waals surface area (Å²) in [6.45, 7) is 6.32. The van der Waals surface area contributed by atoms with Crippen molar-refractivity contribution in [3.05, 3.63) is 35.5 Å². The number of nitrogens with zero attached hydrogens (tertiary/aromatic N) is 3. The van der Waals surface area contributed by atoms with Crippen LogP contribution in [0, 0.1) is 5.92 Å². The predicted molar refractivity (Wildman–Crippen MR) is 130 cm³/mol. The van der Waals surface area contributed by atoms with Gasteiger partial charge in [-0.15, -0.1) is 11.3 Å². The van der Waals surface area contributed by atoms with Crippen LogP contribution in [0.15, 0.2) is 29.8 Å². The van der Waals surface area contributed by atoms with Crippen molar-refractivity contribution in [2.24, 2.45) is 5.92 Å². The largest absolute Gasteiger partial charge is 0.497 e. The van der Waals surface area contributed by atoms with Crippen molar-refractivity contribution in [1.82, 2.24) is 14.3 Å². The van der Waals surface area contributed by atoms with Gasteiger partial charge in [0.05, 0.1) is 26.0 Å². The van der Waals surface area contributed by atoms with Gasteiger partial charge >= 0.3 is 0 Å². The first-order valence-electron chi connectivity index (χ1n) is 11.6. The summed E-state index contributed by atoms with van der Waals surface area (Å²) in [5, 5.41) is 2.13. The van der Waals surface area contributed by atoms with Crippen LogP contribution in [-0.2, 0) is 16.0 Å². The number of amides is 1. The van der Waals surface area contributed by atoms with Crippen LogP contribution in [0.25, 0.3) is 16.2 Å². The fraction of sp³-hybridized carbons (Fsp3) is 0.520. The molecule has 1 fully saturated rings. The zero-order chi connectivity index (χ0) is 23.4. The second-order valence-corrected chi connectivity index (χ2v) is 9.73. The molecule has 33 heavy (non-hydrogen) atoms. The Morgan fingerprint density at radius 2 is 2.18 bits per heavy atom. The van der Waals surface area contributed by atoms with Gasteiger partial charge in [-0.3, -0.25) is 9.20 Å². The molecule has 1 aliphatic rings. The van der Waals surface area contributed by atoms with E-state index in [1.54, 1.807) is 25.6 Å². The van der Waals surface area contributed by atoms with E-state index in [9.17, 15) is 4.79 Å². The van der Waals surface area contributed by atoms with Gasteiger partial charge in [-0.25, -0.2) is 4.98 Å². The molecule has 0 bridgehead atoms. The zero-order valence-corrected chi connectivity index (χ0v) is 20.7. The summed E-state index contributed by atoms with van der Waals surface area (Å²) < 4.78 is 18.9. The Kier molecular flexibility index (Phi) is 7.55. The number of rotatable bonds is 10. The van der Waals surface area contributed by atoms with E-state index in [2.05, 4.69) is 23.6 Å². The van der Waals surface area contributed by atoms with E-state index < -0.39 is 0 Å². The highest BCUT2D eigenvalue weighted by molar-refractivity contribution is 7.15. The number of benzene rings is 1. The van der Waals surface area contributed by atoms with Crippen LogP contribution in [-0.4, -0.2) is 60.2 Å². The summed E-state index contributed by atoms with van der Waals surface area (Å²) in [4.78, 5) is 20.6. The lowest BCUT2D eigenvalue weighted by Crippen LogP contribution is -2.39. The predicted octanol–water partition coefficient (Wildman–Crippen LogP) is 4.68. The van der Waals surface area contributed by atoms with Crippen molar-refractivity contribution in [2.45, 2.75) is 45.6 Å².